The normalized spacial score (nSPS) is 11.3. The third kappa shape index (κ3) is 4.45. The number of fused-ring (bicyclic) bond motifs is 1. The van der Waals surface area contributed by atoms with E-state index in [1.807, 2.05) is 10.3 Å². The molecule has 3 aromatic rings. The molecule has 0 aliphatic heterocycles. The Bertz CT molecular complexity index is 1290. The molecule has 2 aromatic carbocycles. The van der Waals surface area contributed by atoms with Gasteiger partial charge in [-0.05, 0) is 35.7 Å². The van der Waals surface area contributed by atoms with Crippen molar-refractivity contribution in [3.8, 4) is 0 Å². The molecule has 1 amide bonds. The molecule has 1 aromatic heterocycles. The van der Waals surface area contributed by atoms with Crippen LogP contribution in [0.5, 0.6) is 0 Å². The average molecular weight is 436 g/mol. The van der Waals surface area contributed by atoms with Crippen LogP contribution in [-0.2, 0) is 21.4 Å². The van der Waals surface area contributed by atoms with Gasteiger partial charge < -0.3 is 5.11 Å². The van der Waals surface area contributed by atoms with E-state index in [9.17, 15) is 22.8 Å². The van der Waals surface area contributed by atoms with E-state index in [4.69, 9.17) is 16.7 Å². The Labute approximate surface area is 169 Å². The van der Waals surface area contributed by atoms with Crippen LogP contribution < -0.4 is 15.8 Å². The Hall–Kier alpha value is -3.21. The van der Waals surface area contributed by atoms with Crippen LogP contribution in [0, 0.1) is 0 Å². The van der Waals surface area contributed by atoms with Crippen LogP contribution in [0.1, 0.15) is 10.4 Å². The van der Waals surface area contributed by atoms with E-state index < -0.39 is 44.5 Å². The van der Waals surface area contributed by atoms with Crippen molar-refractivity contribution in [1.82, 2.24) is 14.8 Å². The smallest absolute Gasteiger partial charge is 0.337 e. The number of aromatic carboxylic acids is 1. The fraction of sp³-hybridized carbons (Fsp3) is 0.0556. The number of hydrazine groups is 1. The molecular weight excluding hydrogens is 422 g/mol. The zero-order chi connectivity index (χ0) is 21.2. The molecule has 9 nitrogen and oxygen atoms in total. The minimum absolute atomic E-state index is 0.129. The van der Waals surface area contributed by atoms with Crippen molar-refractivity contribution in [2.45, 2.75) is 11.4 Å². The first-order valence-electron chi connectivity index (χ1n) is 8.11. The molecule has 150 valence electrons. The maximum absolute atomic E-state index is 12.3. The number of carboxylic acid groups (broad SMARTS) is 1. The van der Waals surface area contributed by atoms with Gasteiger partial charge >= 0.3 is 5.97 Å². The number of hydrogen-bond acceptors (Lipinski definition) is 5. The van der Waals surface area contributed by atoms with Gasteiger partial charge in [0, 0.05) is 6.07 Å². The van der Waals surface area contributed by atoms with Gasteiger partial charge in [0.25, 0.3) is 21.5 Å². The summed E-state index contributed by atoms with van der Waals surface area (Å²) < 4.78 is 25.8. The topological polar surface area (TPSA) is 135 Å². The number of amides is 1. The molecule has 0 aliphatic rings. The summed E-state index contributed by atoms with van der Waals surface area (Å²) in [6.07, 6.45) is 0. The number of carbonyl (C=O) groups is 2. The highest BCUT2D eigenvalue weighted by Crippen LogP contribution is 2.20. The van der Waals surface area contributed by atoms with Crippen LogP contribution in [0.25, 0.3) is 10.9 Å². The highest BCUT2D eigenvalue weighted by atomic mass is 35.5. The number of carbonyl (C=O) groups excluding carboxylic acids is 1. The second-order valence-electron chi connectivity index (χ2n) is 5.92. The highest BCUT2D eigenvalue weighted by molar-refractivity contribution is 7.89. The van der Waals surface area contributed by atoms with Gasteiger partial charge in [0.2, 0.25) is 0 Å². The number of benzene rings is 2. The quantitative estimate of drug-likeness (QED) is 0.500. The standard InChI is InChI=1S/C18H14ClN3O6S/c19-14-7-6-12(9-13(14)18(25)26)29(27,28)21-20-16(23)10-22-15-4-2-1-3-11(15)5-8-17(22)24/h1-9,21H,10H2,(H,20,23)(H,25,26). The largest absolute Gasteiger partial charge is 0.478 e. The SMILES string of the molecule is O=C(Cn1c(=O)ccc2ccccc21)NNS(=O)(=O)c1ccc(Cl)c(C(=O)O)c1. The van der Waals surface area contributed by atoms with E-state index in [0.717, 1.165) is 23.6 Å². The van der Waals surface area contributed by atoms with E-state index >= 15 is 0 Å². The summed E-state index contributed by atoms with van der Waals surface area (Å²) in [5.74, 6) is -2.19. The first-order valence-corrected chi connectivity index (χ1v) is 9.97. The van der Waals surface area contributed by atoms with Crippen molar-refractivity contribution < 1.29 is 23.1 Å². The molecule has 3 N–H and O–H groups in total. The molecule has 0 bridgehead atoms. The summed E-state index contributed by atoms with van der Waals surface area (Å²) >= 11 is 5.72. The predicted octanol–water partition coefficient (Wildman–Crippen LogP) is 1.36. The number of sulfonamides is 1. The predicted molar refractivity (Wildman–Crippen MR) is 105 cm³/mol. The van der Waals surface area contributed by atoms with Gasteiger partial charge in [-0.25, -0.2) is 13.2 Å². The summed E-state index contributed by atoms with van der Waals surface area (Å²) in [5, 5.41) is 9.66. The Morgan fingerprint density at radius 1 is 1.07 bits per heavy atom. The summed E-state index contributed by atoms with van der Waals surface area (Å²) in [6, 6.07) is 12.9. The number of rotatable bonds is 6. The molecule has 0 saturated heterocycles. The van der Waals surface area contributed by atoms with E-state index in [2.05, 4.69) is 0 Å². The fourth-order valence-electron chi connectivity index (χ4n) is 2.61. The van der Waals surface area contributed by atoms with E-state index in [0.29, 0.717) is 5.52 Å². The number of halogens is 1. The van der Waals surface area contributed by atoms with Crippen LogP contribution in [0.4, 0.5) is 0 Å². The van der Waals surface area contributed by atoms with Crippen molar-refractivity contribution in [3.05, 3.63) is 75.5 Å². The molecule has 3 rings (SSSR count). The summed E-state index contributed by atoms with van der Waals surface area (Å²) in [6.45, 7) is -0.427. The van der Waals surface area contributed by atoms with Crippen molar-refractivity contribution in [2.75, 3.05) is 0 Å². The van der Waals surface area contributed by atoms with Gasteiger partial charge in [-0.1, -0.05) is 29.8 Å². The zero-order valence-corrected chi connectivity index (χ0v) is 16.2. The minimum atomic E-state index is -4.26. The average Bonchev–Trinajstić information content (AvgIpc) is 2.68. The Balaban J connectivity index is 1.78. The molecule has 0 fully saturated rings. The Morgan fingerprint density at radius 2 is 1.79 bits per heavy atom. The van der Waals surface area contributed by atoms with Crippen molar-refractivity contribution in [2.24, 2.45) is 0 Å². The molecule has 1 heterocycles. The lowest BCUT2D eigenvalue weighted by Gasteiger charge is -2.12. The van der Waals surface area contributed by atoms with E-state index in [-0.39, 0.29) is 5.02 Å². The lowest BCUT2D eigenvalue weighted by atomic mass is 10.2. The summed E-state index contributed by atoms with van der Waals surface area (Å²) in [4.78, 5) is 36.9. The summed E-state index contributed by atoms with van der Waals surface area (Å²) in [7, 11) is -4.26. The molecule has 0 atom stereocenters. The second kappa shape index (κ2) is 8.03. The lowest BCUT2D eigenvalue weighted by Crippen LogP contribution is -2.44. The third-order valence-corrected chi connectivity index (χ3v) is 5.58. The highest BCUT2D eigenvalue weighted by Gasteiger charge is 2.19. The molecular formula is C18H14ClN3O6S. The van der Waals surface area contributed by atoms with Gasteiger partial charge in [0.15, 0.2) is 0 Å². The van der Waals surface area contributed by atoms with Crippen LogP contribution in [-0.4, -0.2) is 30.0 Å². The number of carboxylic acids is 1. The molecule has 0 saturated carbocycles. The summed E-state index contributed by atoms with van der Waals surface area (Å²) in [5.41, 5.74) is 1.70. The van der Waals surface area contributed by atoms with Crippen LogP contribution in [0.2, 0.25) is 5.02 Å². The van der Waals surface area contributed by atoms with Crippen molar-refractivity contribution in [3.63, 3.8) is 0 Å². The minimum Gasteiger partial charge on any atom is -0.478 e. The molecule has 11 heteroatoms. The van der Waals surface area contributed by atoms with Gasteiger partial charge in [-0.2, -0.15) is 0 Å². The monoisotopic (exact) mass is 435 g/mol. The number of para-hydroxylation sites is 1. The molecule has 0 unspecified atom stereocenters. The number of pyridine rings is 1. The number of hydrogen-bond donors (Lipinski definition) is 3. The zero-order valence-electron chi connectivity index (χ0n) is 14.6. The van der Waals surface area contributed by atoms with Gasteiger partial charge in [0.05, 0.1) is 21.0 Å². The van der Waals surface area contributed by atoms with Crippen molar-refractivity contribution >= 4 is 44.4 Å². The van der Waals surface area contributed by atoms with E-state index in [1.165, 1.54) is 10.6 Å². The maximum atomic E-state index is 12.3. The molecule has 0 radical (unpaired) electrons. The number of aromatic nitrogens is 1. The number of nitrogens with zero attached hydrogens (tertiary/aromatic N) is 1. The van der Waals surface area contributed by atoms with Crippen LogP contribution in [0.15, 0.2) is 64.3 Å². The Kier molecular flexibility index (Phi) is 5.69. The van der Waals surface area contributed by atoms with E-state index in [1.54, 1.807) is 30.3 Å². The van der Waals surface area contributed by atoms with Gasteiger partial charge in [0.1, 0.15) is 6.54 Å². The van der Waals surface area contributed by atoms with Gasteiger partial charge in [-0.3, -0.25) is 19.6 Å². The Morgan fingerprint density at radius 3 is 2.52 bits per heavy atom. The first-order chi connectivity index (χ1) is 13.7. The van der Waals surface area contributed by atoms with Crippen molar-refractivity contribution in [1.29, 1.82) is 0 Å². The second-order valence-corrected chi connectivity index (χ2v) is 8.01. The van der Waals surface area contributed by atoms with Crippen LogP contribution in [0.3, 0.4) is 0 Å². The van der Waals surface area contributed by atoms with Gasteiger partial charge in [-0.15, -0.1) is 4.83 Å². The van der Waals surface area contributed by atoms with Crippen LogP contribution >= 0.6 is 11.6 Å². The molecule has 0 spiro atoms. The maximum Gasteiger partial charge on any atom is 0.337 e. The molecule has 29 heavy (non-hydrogen) atoms. The first kappa shape index (κ1) is 20.5. The fourth-order valence-corrected chi connectivity index (χ4v) is 3.69. The number of nitrogens with one attached hydrogen (secondary N) is 2. The third-order valence-electron chi connectivity index (χ3n) is 4.00. The molecule has 0 aliphatic carbocycles. The lowest BCUT2D eigenvalue weighted by molar-refractivity contribution is -0.122.